The Kier molecular flexibility index (Phi) is 5.03. The van der Waals surface area contributed by atoms with Crippen molar-refractivity contribution in [2.45, 2.75) is 13.3 Å². The van der Waals surface area contributed by atoms with Gasteiger partial charge in [0, 0.05) is 17.8 Å². The molecule has 5 heteroatoms. The van der Waals surface area contributed by atoms with Crippen molar-refractivity contribution in [2.24, 2.45) is 5.92 Å². The summed E-state index contributed by atoms with van der Waals surface area (Å²) in [6.07, 6.45) is 0.909. The van der Waals surface area contributed by atoms with E-state index in [9.17, 15) is 9.59 Å². The maximum Gasteiger partial charge on any atom is 0.251 e. The molecule has 0 saturated carbocycles. The number of nitrogens with zero attached hydrogens (tertiary/aromatic N) is 1. The Morgan fingerprint density at radius 3 is 2.68 bits per heavy atom. The molecule has 0 bridgehead atoms. The largest absolute Gasteiger partial charge is 0.497 e. The van der Waals surface area contributed by atoms with Crippen LogP contribution in [0.15, 0.2) is 48.5 Å². The second-order valence-corrected chi connectivity index (χ2v) is 6.36. The molecule has 1 unspecified atom stereocenters. The van der Waals surface area contributed by atoms with E-state index in [-0.39, 0.29) is 18.4 Å². The summed E-state index contributed by atoms with van der Waals surface area (Å²) in [5.41, 5.74) is 2.55. The number of anilines is 1. The van der Waals surface area contributed by atoms with E-state index in [1.807, 2.05) is 24.3 Å². The van der Waals surface area contributed by atoms with Crippen LogP contribution in [-0.2, 0) is 11.2 Å². The zero-order valence-corrected chi connectivity index (χ0v) is 14.5. The van der Waals surface area contributed by atoms with E-state index in [4.69, 9.17) is 4.74 Å². The smallest absolute Gasteiger partial charge is 0.251 e. The van der Waals surface area contributed by atoms with Crippen molar-refractivity contribution in [3.8, 4) is 5.75 Å². The van der Waals surface area contributed by atoms with Gasteiger partial charge in [0.05, 0.1) is 13.7 Å². The zero-order chi connectivity index (χ0) is 17.8. The van der Waals surface area contributed by atoms with Crippen LogP contribution in [-0.4, -0.2) is 32.0 Å². The molecule has 0 saturated heterocycles. The number of hydrogen-bond acceptors (Lipinski definition) is 3. The lowest BCUT2D eigenvalue weighted by Crippen LogP contribution is -2.44. The first-order valence-electron chi connectivity index (χ1n) is 8.39. The molecule has 1 atom stereocenters. The third kappa shape index (κ3) is 3.82. The molecule has 25 heavy (non-hydrogen) atoms. The fourth-order valence-corrected chi connectivity index (χ4v) is 3.14. The standard InChI is InChI=1S/C20H22N2O3/c1-14-10-16-11-17(25-2)8-9-18(16)22(13-14)19(23)12-21-20(24)15-6-4-3-5-7-15/h3-9,11,14H,10,12-13H2,1-2H3,(H,21,24). The van der Waals surface area contributed by atoms with Crippen LogP contribution < -0.4 is 15.0 Å². The molecule has 2 aromatic rings. The van der Waals surface area contributed by atoms with Crippen LogP contribution in [0.2, 0.25) is 0 Å². The second kappa shape index (κ2) is 7.38. The molecule has 1 aliphatic rings. The molecule has 1 N–H and O–H groups in total. The van der Waals surface area contributed by atoms with Crippen LogP contribution in [0.5, 0.6) is 5.75 Å². The van der Waals surface area contributed by atoms with E-state index in [2.05, 4.69) is 12.2 Å². The van der Waals surface area contributed by atoms with Crippen molar-refractivity contribution in [3.63, 3.8) is 0 Å². The number of amides is 2. The molecule has 3 rings (SSSR count). The van der Waals surface area contributed by atoms with Crippen molar-refractivity contribution < 1.29 is 14.3 Å². The number of benzene rings is 2. The van der Waals surface area contributed by atoms with Crippen LogP contribution >= 0.6 is 0 Å². The van der Waals surface area contributed by atoms with Gasteiger partial charge in [0.1, 0.15) is 5.75 Å². The Morgan fingerprint density at radius 2 is 1.96 bits per heavy atom. The fraction of sp³-hybridized carbons (Fsp3) is 0.300. The average Bonchev–Trinajstić information content (AvgIpc) is 2.65. The van der Waals surface area contributed by atoms with E-state index in [1.54, 1.807) is 36.3 Å². The maximum atomic E-state index is 12.7. The summed E-state index contributed by atoms with van der Waals surface area (Å²) in [7, 11) is 1.63. The molecule has 5 nitrogen and oxygen atoms in total. The Labute approximate surface area is 147 Å². The normalized spacial score (nSPS) is 16.1. The number of methoxy groups -OCH3 is 1. The van der Waals surface area contributed by atoms with Crippen LogP contribution in [0.1, 0.15) is 22.8 Å². The summed E-state index contributed by atoms with van der Waals surface area (Å²) in [6.45, 7) is 2.75. The van der Waals surface area contributed by atoms with E-state index in [0.717, 1.165) is 23.4 Å². The van der Waals surface area contributed by atoms with Gasteiger partial charge in [0.2, 0.25) is 5.91 Å². The molecular weight excluding hydrogens is 316 g/mol. The quantitative estimate of drug-likeness (QED) is 0.932. The number of rotatable bonds is 4. The molecule has 130 valence electrons. The van der Waals surface area contributed by atoms with Crippen molar-refractivity contribution >= 4 is 17.5 Å². The number of fused-ring (bicyclic) bond motifs is 1. The summed E-state index contributed by atoms with van der Waals surface area (Å²) in [6, 6.07) is 14.7. The van der Waals surface area contributed by atoms with Gasteiger partial charge in [-0.3, -0.25) is 9.59 Å². The van der Waals surface area contributed by atoms with Gasteiger partial charge in [-0.15, -0.1) is 0 Å². The Hall–Kier alpha value is -2.82. The van der Waals surface area contributed by atoms with Gasteiger partial charge in [-0.25, -0.2) is 0 Å². The molecular formula is C20H22N2O3. The Bertz CT molecular complexity index is 774. The van der Waals surface area contributed by atoms with Crippen LogP contribution in [0, 0.1) is 5.92 Å². The topological polar surface area (TPSA) is 58.6 Å². The molecule has 0 aromatic heterocycles. The highest BCUT2D eigenvalue weighted by Crippen LogP contribution is 2.32. The van der Waals surface area contributed by atoms with Gasteiger partial charge >= 0.3 is 0 Å². The molecule has 0 fully saturated rings. The van der Waals surface area contributed by atoms with Gasteiger partial charge in [-0.1, -0.05) is 25.1 Å². The highest BCUT2D eigenvalue weighted by molar-refractivity contribution is 6.01. The van der Waals surface area contributed by atoms with Crippen LogP contribution in [0.4, 0.5) is 5.69 Å². The number of carbonyl (C=O) groups is 2. The predicted octanol–water partition coefficient (Wildman–Crippen LogP) is 2.65. The Morgan fingerprint density at radius 1 is 1.20 bits per heavy atom. The van der Waals surface area contributed by atoms with Gasteiger partial charge in [0.15, 0.2) is 0 Å². The second-order valence-electron chi connectivity index (χ2n) is 6.36. The van der Waals surface area contributed by atoms with Crippen LogP contribution in [0.3, 0.4) is 0 Å². The van der Waals surface area contributed by atoms with E-state index >= 15 is 0 Å². The average molecular weight is 338 g/mol. The van der Waals surface area contributed by atoms with Gasteiger partial charge in [0.25, 0.3) is 5.91 Å². The minimum Gasteiger partial charge on any atom is -0.497 e. The van der Waals surface area contributed by atoms with E-state index in [0.29, 0.717) is 18.0 Å². The lowest BCUT2D eigenvalue weighted by atomic mass is 9.93. The van der Waals surface area contributed by atoms with Crippen LogP contribution in [0.25, 0.3) is 0 Å². The first kappa shape index (κ1) is 17.0. The third-order valence-electron chi connectivity index (χ3n) is 4.38. The summed E-state index contributed by atoms with van der Waals surface area (Å²) in [5.74, 6) is 0.794. The monoisotopic (exact) mass is 338 g/mol. The highest BCUT2D eigenvalue weighted by Gasteiger charge is 2.26. The van der Waals surface area contributed by atoms with E-state index < -0.39 is 0 Å². The first-order valence-corrected chi connectivity index (χ1v) is 8.39. The van der Waals surface area contributed by atoms with Gasteiger partial charge in [-0.2, -0.15) is 0 Å². The minimum atomic E-state index is -0.242. The van der Waals surface area contributed by atoms with Gasteiger partial charge < -0.3 is 15.0 Å². The third-order valence-corrected chi connectivity index (χ3v) is 4.38. The lowest BCUT2D eigenvalue weighted by Gasteiger charge is -2.33. The summed E-state index contributed by atoms with van der Waals surface area (Å²) in [5, 5.41) is 2.71. The van der Waals surface area contributed by atoms with Crippen molar-refractivity contribution in [2.75, 3.05) is 25.1 Å². The summed E-state index contributed by atoms with van der Waals surface area (Å²) >= 11 is 0. The minimum absolute atomic E-state index is 0.0219. The van der Waals surface area contributed by atoms with E-state index in [1.165, 1.54) is 0 Å². The maximum absolute atomic E-state index is 12.7. The summed E-state index contributed by atoms with van der Waals surface area (Å²) < 4.78 is 5.28. The summed E-state index contributed by atoms with van der Waals surface area (Å²) in [4.78, 5) is 26.6. The predicted molar refractivity (Wildman–Crippen MR) is 97.0 cm³/mol. The first-order chi connectivity index (χ1) is 12.1. The number of nitrogens with one attached hydrogen (secondary N) is 1. The van der Waals surface area contributed by atoms with Crippen molar-refractivity contribution in [3.05, 3.63) is 59.7 Å². The molecule has 1 aliphatic heterocycles. The molecule has 2 aromatic carbocycles. The highest BCUT2D eigenvalue weighted by atomic mass is 16.5. The SMILES string of the molecule is COc1ccc2c(c1)CC(C)CN2C(=O)CNC(=O)c1ccccc1. The molecule has 1 heterocycles. The number of hydrogen-bond donors (Lipinski definition) is 1. The molecule has 2 amide bonds. The number of carbonyl (C=O) groups excluding carboxylic acids is 2. The van der Waals surface area contributed by atoms with Crippen molar-refractivity contribution in [1.29, 1.82) is 0 Å². The zero-order valence-electron chi connectivity index (χ0n) is 14.5. The molecule has 0 radical (unpaired) electrons. The molecule has 0 spiro atoms. The Balaban J connectivity index is 1.71. The lowest BCUT2D eigenvalue weighted by molar-refractivity contribution is -0.117. The number of ether oxygens (including phenoxy) is 1. The molecule has 0 aliphatic carbocycles. The van der Waals surface area contributed by atoms with Crippen molar-refractivity contribution in [1.82, 2.24) is 5.32 Å². The fourth-order valence-electron chi connectivity index (χ4n) is 3.14. The van der Waals surface area contributed by atoms with Gasteiger partial charge in [-0.05, 0) is 48.2 Å².